The second kappa shape index (κ2) is 8.35. The lowest BCUT2D eigenvalue weighted by Gasteiger charge is -2.28. The van der Waals surface area contributed by atoms with E-state index in [-0.39, 0.29) is 0 Å². The van der Waals surface area contributed by atoms with Crippen molar-refractivity contribution in [1.29, 1.82) is 0 Å². The van der Waals surface area contributed by atoms with Gasteiger partial charge in [0.25, 0.3) is 0 Å². The molecule has 1 aliphatic rings. The minimum atomic E-state index is 0.292. The summed E-state index contributed by atoms with van der Waals surface area (Å²) in [6, 6.07) is 2.42. The van der Waals surface area contributed by atoms with Crippen molar-refractivity contribution in [3.63, 3.8) is 0 Å². The molecule has 2 rings (SSSR count). The molecule has 118 valence electrons. The first-order valence-electron chi connectivity index (χ1n) is 8.22. The number of hydrogen-bond acceptors (Lipinski definition) is 4. The number of rotatable bonds is 8. The van der Waals surface area contributed by atoms with Gasteiger partial charge < -0.3 is 14.8 Å². The lowest BCUT2D eigenvalue weighted by atomic mass is 9.87. The number of nitrogens with zero attached hydrogens (tertiary/aromatic N) is 1. The zero-order valence-corrected chi connectivity index (χ0v) is 13.5. The average Bonchev–Trinajstić information content (AvgIpc) is 2.99. The van der Waals surface area contributed by atoms with E-state index < -0.39 is 0 Å². The van der Waals surface area contributed by atoms with Crippen molar-refractivity contribution < 1.29 is 9.47 Å². The molecule has 4 nitrogen and oxygen atoms in total. The first kappa shape index (κ1) is 16.2. The van der Waals surface area contributed by atoms with Crippen LogP contribution in [0, 0.1) is 5.92 Å². The zero-order chi connectivity index (χ0) is 15.1. The highest BCUT2D eigenvalue weighted by atomic mass is 16.5. The lowest BCUT2D eigenvalue weighted by Crippen LogP contribution is -2.32. The molecule has 1 N–H and O–H groups in total. The molecule has 0 saturated carbocycles. The van der Waals surface area contributed by atoms with Crippen LogP contribution in [0.25, 0.3) is 0 Å². The fourth-order valence-electron chi connectivity index (χ4n) is 3.11. The van der Waals surface area contributed by atoms with Crippen molar-refractivity contribution in [2.75, 3.05) is 19.8 Å². The number of ether oxygens (including phenoxy) is 2. The van der Waals surface area contributed by atoms with Gasteiger partial charge >= 0.3 is 0 Å². The Balaban J connectivity index is 2.17. The van der Waals surface area contributed by atoms with Crippen molar-refractivity contribution in [2.24, 2.45) is 5.92 Å². The zero-order valence-electron chi connectivity index (χ0n) is 13.5. The SMILES string of the molecule is CCCOc1cncc(C(NCC)C2CCOC2CC)c1. The lowest BCUT2D eigenvalue weighted by molar-refractivity contribution is 0.0775. The number of hydrogen-bond donors (Lipinski definition) is 1. The van der Waals surface area contributed by atoms with Crippen molar-refractivity contribution in [1.82, 2.24) is 10.3 Å². The minimum Gasteiger partial charge on any atom is -0.492 e. The van der Waals surface area contributed by atoms with Crippen LogP contribution in [0.15, 0.2) is 18.5 Å². The summed E-state index contributed by atoms with van der Waals surface area (Å²) >= 11 is 0. The van der Waals surface area contributed by atoms with Gasteiger partial charge in [0.05, 0.1) is 18.9 Å². The van der Waals surface area contributed by atoms with Crippen LogP contribution in [0.1, 0.15) is 51.6 Å². The Hall–Kier alpha value is -1.13. The van der Waals surface area contributed by atoms with Crippen LogP contribution in [0.3, 0.4) is 0 Å². The molecule has 1 aromatic rings. The third kappa shape index (κ3) is 4.17. The van der Waals surface area contributed by atoms with Crippen LogP contribution in [-0.4, -0.2) is 30.8 Å². The van der Waals surface area contributed by atoms with E-state index in [0.717, 1.165) is 44.8 Å². The Morgan fingerprint density at radius 3 is 2.95 bits per heavy atom. The van der Waals surface area contributed by atoms with E-state index in [2.05, 4.69) is 37.1 Å². The highest BCUT2D eigenvalue weighted by molar-refractivity contribution is 5.27. The van der Waals surface area contributed by atoms with E-state index >= 15 is 0 Å². The predicted octanol–water partition coefficient (Wildman–Crippen LogP) is 3.34. The summed E-state index contributed by atoms with van der Waals surface area (Å²) in [5, 5.41) is 3.61. The molecule has 0 aromatic carbocycles. The van der Waals surface area contributed by atoms with Gasteiger partial charge in [-0.15, -0.1) is 0 Å². The van der Waals surface area contributed by atoms with Gasteiger partial charge in [0, 0.05) is 24.8 Å². The highest BCUT2D eigenvalue weighted by Crippen LogP contribution is 2.35. The molecule has 1 aliphatic heterocycles. The minimum absolute atomic E-state index is 0.292. The molecule has 0 bridgehead atoms. The van der Waals surface area contributed by atoms with Crippen molar-refractivity contribution >= 4 is 0 Å². The van der Waals surface area contributed by atoms with Crippen molar-refractivity contribution in [3.8, 4) is 5.75 Å². The summed E-state index contributed by atoms with van der Waals surface area (Å²) in [6.45, 7) is 9.00. The van der Waals surface area contributed by atoms with Crippen LogP contribution in [0.4, 0.5) is 0 Å². The van der Waals surface area contributed by atoms with Gasteiger partial charge in [-0.25, -0.2) is 0 Å². The molecule has 21 heavy (non-hydrogen) atoms. The summed E-state index contributed by atoms with van der Waals surface area (Å²) in [5.41, 5.74) is 1.21. The van der Waals surface area contributed by atoms with Gasteiger partial charge in [0.2, 0.25) is 0 Å². The highest BCUT2D eigenvalue weighted by Gasteiger charge is 2.34. The van der Waals surface area contributed by atoms with Crippen LogP contribution in [0.5, 0.6) is 5.75 Å². The third-order valence-corrected chi connectivity index (χ3v) is 4.08. The molecule has 3 atom stereocenters. The predicted molar refractivity (Wildman–Crippen MR) is 84.6 cm³/mol. The molecule has 1 aromatic heterocycles. The Kier molecular flexibility index (Phi) is 6.46. The van der Waals surface area contributed by atoms with Gasteiger partial charge in [0.15, 0.2) is 0 Å². The molecule has 0 aliphatic carbocycles. The Labute approximate surface area is 128 Å². The maximum Gasteiger partial charge on any atom is 0.137 e. The number of pyridine rings is 1. The van der Waals surface area contributed by atoms with E-state index in [0.29, 0.717) is 18.1 Å². The molecule has 0 amide bonds. The molecule has 3 unspecified atom stereocenters. The third-order valence-electron chi connectivity index (χ3n) is 4.08. The molecule has 0 spiro atoms. The molecule has 4 heteroatoms. The average molecular weight is 292 g/mol. The maximum atomic E-state index is 5.87. The van der Waals surface area contributed by atoms with Crippen molar-refractivity contribution in [2.45, 2.75) is 52.2 Å². The van der Waals surface area contributed by atoms with E-state index in [1.54, 1.807) is 6.20 Å². The smallest absolute Gasteiger partial charge is 0.137 e. The summed E-state index contributed by atoms with van der Waals surface area (Å²) < 4.78 is 11.6. The second-order valence-corrected chi connectivity index (χ2v) is 5.61. The summed E-state index contributed by atoms with van der Waals surface area (Å²) in [7, 11) is 0. The first-order valence-corrected chi connectivity index (χ1v) is 8.22. The normalized spacial score (nSPS) is 23.2. The van der Waals surface area contributed by atoms with Crippen LogP contribution < -0.4 is 10.1 Å². The summed E-state index contributed by atoms with van der Waals surface area (Å²) in [6.07, 6.45) is 7.27. The molecular weight excluding hydrogens is 264 g/mol. The van der Waals surface area contributed by atoms with Gasteiger partial charge in [-0.1, -0.05) is 20.8 Å². The van der Waals surface area contributed by atoms with Crippen LogP contribution in [-0.2, 0) is 4.74 Å². The van der Waals surface area contributed by atoms with Gasteiger partial charge in [-0.05, 0) is 37.4 Å². The topological polar surface area (TPSA) is 43.4 Å². The van der Waals surface area contributed by atoms with Gasteiger partial charge in [-0.2, -0.15) is 0 Å². The molecular formula is C17H28N2O2. The molecule has 0 radical (unpaired) electrons. The monoisotopic (exact) mass is 292 g/mol. The fourth-order valence-corrected chi connectivity index (χ4v) is 3.11. The fraction of sp³-hybridized carbons (Fsp3) is 0.706. The largest absolute Gasteiger partial charge is 0.492 e. The summed E-state index contributed by atoms with van der Waals surface area (Å²) in [5.74, 6) is 1.38. The quantitative estimate of drug-likeness (QED) is 0.798. The molecule has 1 saturated heterocycles. The Morgan fingerprint density at radius 1 is 1.38 bits per heavy atom. The van der Waals surface area contributed by atoms with Gasteiger partial charge in [0.1, 0.15) is 5.75 Å². The standard InChI is InChI=1S/C17H28N2O2/c1-4-8-20-14-10-13(11-18-12-14)17(19-6-3)15-7-9-21-16(15)5-2/h10-12,15-17,19H,4-9H2,1-3H3. The number of nitrogens with one attached hydrogen (secondary N) is 1. The molecule has 2 heterocycles. The van der Waals surface area contributed by atoms with Crippen LogP contribution >= 0.6 is 0 Å². The Bertz CT molecular complexity index is 425. The van der Waals surface area contributed by atoms with E-state index in [9.17, 15) is 0 Å². The first-order chi connectivity index (χ1) is 10.3. The molecule has 1 fully saturated rings. The van der Waals surface area contributed by atoms with Gasteiger partial charge in [-0.3, -0.25) is 4.98 Å². The van der Waals surface area contributed by atoms with Crippen molar-refractivity contribution in [3.05, 3.63) is 24.0 Å². The van der Waals surface area contributed by atoms with E-state index in [1.165, 1.54) is 5.56 Å². The number of aromatic nitrogens is 1. The van der Waals surface area contributed by atoms with Crippen LogP contribution in [0.2, 0.25) is 0 Å². The Morgan fingerprint density at radius 2 is 2.24 bits per heavy atom. The van der Waals surface area contributed by atoms with E-state index in [4.69, 9.17) is 9.47 Å². The maximum absolute atomic E-state index is 5.87. The van der Waals surface area contributed by atoms with E-state index in [1.807, 2.05) is 6.20 Å². The second-order valence-electron chi connectivity index (χ2n) is 5.61. The summed E-state index contributed by atoms with van der Waals surface area (Å²) in [4.78, 5) is 4.36.